The van der Waals surface area contributed by atoms with Crippen LogP contribution in [0.3, 0.4) is 0 Å². The van der Waals surface area contributed by atoms with Crippen LogP contribution in [0.15, 0.2) is 24.3 Å². The van der Waals surface area contributed by atoms with E-state index < -0.39 is 0 Å². The molecule has 1 aromatic rings. The standard InChI is InChI=1S/C16H23NO2S/c1-19-16(18)10-14-4-2-3-5-15(14)12-17-11-13-6-8-20-9-7-13/h2-5,13,17H,6-12H2,1H3. The Morgan fingerprint density at radius 1 is 1.30 bits per heavy atom. The monoisotopic (exact) mass is 293 g/mol. The van der Waals surface area contributed by atoms with Gasteiger partial charge < -0.3 is 10.1 Å². The number of nitrogens with one attached hydrogen (secondary N) is 1. The van der Waals surface area contributed by atoms with E-state index in [9.17, 15) is 4.79 Å². The van der Waals surface area contributed by atoms with Crippen molar-refractivity contribution in [3.8, 4) is 0 Å². The largest absolute Gasteiger partial charge is 0.469 e. The van der Waals surface area contributed by atoms with E-state index in [4.69, 9.17) is 4.74 Å². The molecule has 1 aliphatic rings. The fraction of sp³-hybridized carbons (Fsp3) is 0.562. The third-order valence-electron chi connectivity index (χ3n) is 3.77. The summed E-state index contributed by atoms with van der Waals surface area (Å²) in [4.78, 5) is 11.4. The van der Waals surface area contributed by atoms with Crippen LogP contribution in [-0.4, -0.2) is 31.1 Å². The number of carbonyl (C=O) groups is 1. The van der Waals surface area contributed by atoms with E-state index in [-0.39, 0.29) is 5.97 Å². The third-order valence-corrected chi connectivity index (χ3v) is 4.82. The number of ether oxygens (including phenoxy) is 1. The minimum Gasteiger partial charge on any atom is -0.469 e. The average molecular weight is 293 g/mol. The van der Waals surface area contributed by atoms with Crippen molar-refractivity contribution < 1.29 is 9.53 Å². The number of esters is 1. The fourth-order valence-corrected chi connectivity index (χ4v) is 3.70. The smallest absolute Gasteiger partial charge is 0.309 e. The Labute approximate surface area is 125 Å². The van der Waals surface area contributed by atoms with Gasteiger partial charge in [0, 0.05) is 6.54 Å². The van der Waals surface area contributed by atoms with Gasteiger partial charge in [0.25, 0.3) is 0 Å². The summed E-state index contributed by atoms with van der Waals surface area (Å²) < 4.78 is 4.75. The molecule has 20 heavy (non-hydrogen) atoms. The molecule has 110 valence electrons. The van der Waals surface area contributed by atoms with Crippen molar-refractivity contribution in [2.24, 2.45) is 5.92 Å². The Morgan fingerprint density at radius 3 is 2.70 bits per heavy atom. The average Bonchev–Trinajstić information content (AvgIpc) is 2.50. The van der Waals surface area contributed by atoms with E-state index >= 15 is 0 Å². The number of rotatable bonds is 6. The van der Waals surface area contributed by atoms with Crippen molar-refractivity contribution in [3.63, 3.8) is 0 Å². The third kappa shape index (κ3) is 4.84. The van der Waals surface area contributed by atoms with Gasteiger partial charge in [-0.05, 0) is 47.9 Å². The highest BCUT2D eigenvalue weighted by Crippen LogP contribution is 2.22. The van der Waals surface area contributed by atoms with Crippen LogP contribution < -0.4 is 5.32 Å². The van der Waals surface area contributed by atoms with Crippen LogP contribution in [0.1, 0.15) is 24.0 Å². The maximum Gasteiger partial charge on any atom is 0.309 e. The van der Waals surface area contributed by atoms with Crippen LogP contribution in [0.2, 0.25) is 0 Å². The molecule has 3 nitrogen and oxygen atoms in total. The highest BCUT2D eigenvalue weighted by molar-refractivity contribution is 7.99. The second kappa shape index (κ2) is 8.32. The Bertz CT molecular complexity index is 430. The summed E-state index contributed by atoms with van der Waals surface area (Å²) >= 11 is 2.06. The molecule has 1 aliphatic heterocycles. The van der Waals surface area contributed by atoms with Crippen molar-refractivity contribution in [1.29, 1.82) is 0 Å². The van der Waals surface area contributed by atoms with Crippen molar-refractivity contribution in [1.82, 2.24) is 5.32 Å². The summed E-state index contributed by atoms with van der Waals surface area (Å²) in [5.41, 5.74) is 2.26. The second-order valence-electron chi connectivity index (χ2n) is 5.21. The molecule has 1 fully saturated rings. The van der Waals surface area contributed by atoms with Gasteiger partial charge in [-0.1, -0.05) is 24.3 Å². The molecule has 0 radical (unpaired) electrons. The lowest BCUT2D eigenvalue weighted by molar-refractivity contribution is -0.139. The lowest BCUT2D eigenvalue weighted by atomic mass is 10.0. The van der Waals surface area contributed by atoms with Crippen molar-refractivity contribution in [3.05, 3.63) is 35.4 Å². The molecule has 0 unspecified atom stereocenters. The molecule has 0 aliphatic carbocycles. The molecule has 1 heterocycles. The first-order valence-electron chi connectivity index (χ1n) is 7.21. The summed E-state index contributed by atoms with van der Waals surface area (Å²) in [6.45, 7) is 1.91. The van der Waals surface area contributed by atoms with Crippen LogP contribution in [0.5, 0.6) is 0 Å². The van der Waals surface area contributed by atoms with Gasteiger partial charge in [-0.2, -0.15) is 11.8 Å². The minimum atomic E-state index is -0.179. The van der Waals surface area contributed by atoms with E-state index in [1.807, 2.05) is 18.2 Å². The molecule has 1 saturated heterocycles. The minimum absolute atomic E-state index is 0.179. The summed E-state index contributed by atoms with van der Waals surface area (Å²) in [5, 5.41) is 3.54. The highest BCUT2D eigenvalue weighted by atomic mass is 32.2. The molecule has 1 aromatic carbocycles. The fourth-order valence-electron chi connectivity index (χ4n) is 2.49. The maximum absolute atomic E-state index is 11.4. The predicted octanol–water partition coefficient (Wildman–Crippen LogP) is 2.63. The van der Waals surface area contributed by atoms with Crippen LogP contribution in [-0.2, 0) is 22.5 Å². The normalized spacial score (nSPS) is 16.1. The van der Waals surface area contributed by atoms with Gasteiger partial charge in [0.15, 0.2) is 0 Å². The molecule has 0 atom stereocenters. The van der Waals surface area contributed by atoms with Crippen LogP contribution >= 0.6 is 11.8 Å². The van der Waals surface area contributed by atoms with Gasteiger partial charge in [-0.15, -0.1) is 0 Å². The van der Waals surface area contributed by atoms with Crippen molar-refractivity contribution in [2.45, 2.75) is 25.8 Å². The van der Waals surface area contributed by atoms with E-state index in [0.717, 1.165) is 24.6 Å². The highest BCUT2D eigenvalue weighted by Gasteiger charge is 2.13. The maximum atomic E-state index is 11.4. The molecule has 0 bridgehead atoms. The molecule has 0 spiro atoms. The van der Waals surface area contributed by atoms with Crippen LogP contribution in [0.25, 0.3) is 0 Å². The first kappa shape index (κ1) is 15.4. The molecule has 1 N–H and O–H groups in total. The quantitative estimate of drug-likeness (QED) is 0.818. The lowest BCUT2D eigenvalue weighted by Crippen LogP contribution is -2.25. The van der Waals surface area contributed by atoms with Gasteiger partial charge in [0.2, 0.25) is 0 Å². The number of hydrogen-bond acceptors (Lipinski definition) is 4. The summed E-state index contributed by atoms with van der Waals surface area (Å²) in [5.74, 6) is 3.22. The lowest BCUT2D eigenvalue weighted by Gasteiger charge is -2.21. The molecule has 2 rings (SSSR count). The number of thioether (sulfide) groups is 1. The number of hydrogen-bond donors (Lipinski definition) is 1. The first-order valence-corrected chi connectivity index (χ1v) is 8.37. The molecule has 4 heteroatoms. The first-order chi connectivity index (χ1) is 9.79. The summed E-state index contributed by atoms with van der Waals surface area (Å²) in [6.07, 6.45) is 3.00. The zero-order valence-electron chi connectivity index (χ0n) is 12.1. The molecular weight excluding hydrogens is 270 g/mol. The topological polar surface area (TPSA) is 38.3 Å². The Kier molecular flexibility index (Phi) is 6.40. The number of carbonyl (C=O) groups excluding carboxylic acids is 1. The molecule has 0 aromatic heterocycles. The van der Waals surface area contributed by atoms with Gasteiger partial charge in [0.1, 0.15) is 0 Å². The zero-order valence-corrected chi connectivity index (χ0v) is 12.9. The molecule has 0 amide bonds. The predicted molar refractivity (Wildman–Crippen MR) is 83.9 cm³/mol. The number of benzene rings is 1. The summed E-state index contributed by atoms with van der Waals surface area (Å²) in [7, 11) is 1.43. The summed E-state index contributed by atoms with van der Waals surface area (Å²) in [6, 6.07) is 8.09. The Morgan fingerprint density at radius 2 is 2.00 bits per heavy atom. The van der Waals surface area contributed by atoms with Gasteiger partial charge >= 0.3 is 5.97 Å². The van der Waals surface area contributed by atoms with Gasteiger partial charge in [-0.25, -0.2) is 0 Å². The SMILES string of the molecule is COC(=O)Cc1ccccc1CNCC1CCSCC1. The second-order valence-corrected chi connectivity index (χ2v) is 6.43. The van der Waals surface area contributed by atoms with Crippen molar-refractivity contribution >= 4 is 17.7 Å². The zero-order chi connectivity index (χ0) is 14.2. The molecule has 0 saturated carbocycles. The van der Waals surface area contributed by atoms with Gasteiger partial charge in [0.05, 0.1) is 13.5 Å². The van der Waals surface area contributed by atoms with E-state index in [1.54, 1.807) is 0 Å². The van der Waals surface area contributed by atoms with Crippen LogP contribution in [0.4, 0.5) is 0 Å². The van der Waals surface area contributed by atoms with E-state index in [0.29, 0.717) is 6.42 Å². The Hall–Kier alpha value is -1.00. The van der Waals surface area contributed by atoms with Gasteiger partial charge in [-0.3, -0.25) is 4.79 Å². The Balaban J connectivity index is 1.83. The van der Waals surface area contributed by atoms with Crippen molar-refractivity contribution in [2.75, 3.05) is 25.2 Å². The van der Waals surface area contributed by atoms with Crippen LogP contribution in [0, 0.1) is 5.92 Å². The number of methoxy groups -OCH3 is 1. The molecular formula is C16H23NO2S. The van der Waals surface area contributed by atoms with E-state index in [1.165, 1.54) is 37.0 Å². The van der Waals surface area contributed by atoms with E-state index in [2.05, 4.69) is 23.1 Å².